The number of carbonyl (C=O) groups is 1. The molecule has 0 unspecified atom stereocenters. The molecular formula is C12H11N3O2. The Kier molecular flexibility index (Phi) is 3.00. The van der Waals surface area contributed by atoms with Crippen molar-refractivity contribution in [2.75, 3.05) is 0 Å². The topological polar surface area (TPSA) is 68.0 Å². The molecule has 5 heteroatoms. The van der Waals surface area contributed by atoms with Crippen molar-refractivity contribution in [1.82, 2.24) is 15.0 Å². The van der Waals surface area contributed by atoms with E-state index in [1.165, 1.54) is 10.7 Å². The fourth-order valence-electron chi connectivity index (χ4n) is 1.50. The van der Waals surface area contributed by atoms with E-state index in [0.29, 0.717) is 11.4 Å². The number of hydrogen-bond donors (Lipinski definition) is 1. The van der Waals surface area contributed by atoms with Gasteiger partial charge in [0.15, 0.2) is 0 Å². The zero-order chi connectivity index (χ0) is 12.3. The van der Waals surface area contributed by atoms with Gasteiger partial charge in [0.1, 0.15) is 5.69 Å². The van der Waals surface area contributed by atoms with Crippen molar-refractivity contribution in [3.05, 3.63) is 47.8 Å². The molecule has 86 valence electrons. The fourth-order valence-corrected chi connectivity index (χ4v) is 1.50. The Labute approximate surface area is 98.0 Å². The van der Waals surface area contributed by atoms with E-state index in [4.69, 9.17) is 5.11 Å². The van der Waals surface area contributed by atoms with Crippen molar-refractivity contribution < 1.29 is 9.90 Å². The van der Waals surface area contributed by atoms with Crippen LogP contribution in [0.5, 0.6) is 0 Å². The summed E-state index contributed by atoms with van der Waals surface area (Å²) in [7, 11) is 0. The molecule has 0 spiro atoms. The first-order valence-corrected chi connectivity index (χ1v) is 5.10. The summed E-state index contributed by atoms with van der Waals surface area (Å²) in [4.78, 5) is 11.1. The predicted molar refractivity (Wildman–Crippen MR) is 63.0 cm³/mol. The van der Waals surface area contributed by atoms with Gasteiger partial charge in [-0.15, -0.1) is 5.10 Å². The highest BCUT2D eigenvalue weighted by molar-refractivity contribution is 5.91. The van der Waals surface area contributed by atoms with Gasteiger partial charge in [-0.05, 0) is 25.1 Å². The molecule has 0 aliphatic rings. The Hall–Kier alpha value is -2.43. The number of aromatic carboxylic acids is 1. The second kappa shape index (κ2) is 4.61. The SMILES string of the molecule is C/C=C/c1cn(-c2ccccc2C(=O)O)nn1. The van der Waals surface area contributed by atoms with Gasteiger partial charge in [0.2, 0.25) is 0 Å². The largest absolute Gasteiger partial charge is 0.478 e. The number of carboxylic acid groups (broad SMARTS) is 1. The number of hydrogen-bond acceptors (Lipinski definition) is 3. The molecule has 1 aromatic heterocycles. The van der Waals surface area contributed by atoms with Crippen molar-refractivity contribution in [2.45, 2.75) is 6.92 Å². The van der Waals surface area contributed by atoms with Crippen LogP contribution in [-0.4, -0.2) is 26.1 Å². The molecule has 0 bridgehead atoms. The first kappa shape index (κ1) is 11.1. The van der Waals surface area contributed by atoms with E-state index >= 15 is 0 Å². The van der Waals surface area contributed by atoms with Crippen molar-refractivity contribution in [3.63, 3.8) is 0 Å². The van der Waals surface area contributed by atoms with Crippen LogP contribution in [0.15, 0.2) is 36.5 Å². The van der Waals surface area contributed by atoms with E-state index < -0.39 is 5.97 Å². The summed E-state index contributed by atoms with van der Waals surface area (Å²) >= 11 is 0. The molecule has 0 saturated heterocycles. The summed E-state index contributed by atoms with van der Waals surface area (Å²) in [6, 6.07) is 6.67. The molecule has 1 N–H and O–H groups in total. The predicted octanol–water partition coefficient (Wildman–Crippen LogP) is 2.00. The Bertz CT molecular complexity index is 573. The third-order valence-corrected chi connectivity index (χ3v) is 2.23. The van der Waals surface area contributed by atoms with E-state index in [0.717, 1.165) is 0 Å². The minimum Gasteiger partial charge on any atom is -0.478 e. The van der Waals surface area contributed by atoms with Crippen molar-refractivity contribution in [1.29, 1.82) is 0 Å². The summed E-state index contributed by atoms with van der Waals surface area (Å²) in [5, 5.41) is 16.9. The second-order valence-corrected chi connectivity index (χ2v) is 3.41. The highest BCUT2D eigenvalue weighted by Crippen LogP contribution is 2.13. The van der Waals surface area contributed by atoms with E-state index in [2.05, 4.69) is 10.3 Å². The lowest BCUT2D eigenvalue weighted by atomic mass is 10.2. The molecular weight excluding hydrogens is 218 g/mol. The molecule has 1 aromatic carbocycles. The van der Waals surface area contributed by atoms with Crippen LogP contribution in [0.3, 0.4) is 0 Å². The van der Waals surface area contributed by atoms with E-state index in [9.17, 15) is 4.79 Å². The number of benzene rings is 1. The standard InChI is InChI=1S/C12H11N3O2/c1-2-5-9-8-15(14-13-9)11-7-4-3-6-10(11)12(16)17/h2-8H,1H3,(H,16,17)/b5-2+. The third kappa shape index (κ3) is 2.23. The van der Waals surface area contributed by atoms with Crippen LogP contribution in [0.2, 0.25) is 0 Å². The maximum absolute atomic E-state index is 11.1. The molecule has 17 heavy (non-hydrogen) atoms. The maximum Gasteiger partial charge on any atom is 0.337 e. The lowest BCUT2D eigenvalue weighted by Gasteiger charge is -2.03. The number of allylic oxidation sites excluding steroid dienone is 1. The van der Waals surface area contributed by atoms with Crippen LogP contribution in [0.25, 0.3) is 11.8 Å². The van der Waals surface area contributed by atoms with Crippen LogP contribution in [-0.2, 0) is 0 Å². The molecule has 0 atom stereocenters. The highest BCUT2D eigenvalue weighted by atomic mass is 16.4. The van der Waals surface area contributed by atoms with Gasteiger partial charge in [-0.3, -0.25) is 0 Å². The van der Waals surface area contributed by atoms with Gasteiger partial charge in [0.25, 0.3) is 0 Å². The Morgan fingerprint density at radius 3 is 2.88 bits per heavy atom. The molecule has 1 heterocycles. The van der Waals surface area contributed by atoms with Crippen molar-refractivity contribution >= 4 is 12.0 Å². The van der Waals surface area contributed by atoms with Crippen LogP contribution in [0.4, 0.5) is 0 Å². The smallest absolute Gasteiger partial charge is 0.337 e. The third-order valence-electron chi connectivity index (χ3n) is 2.23. The van der Waals surface area contributed by atoms with Gasteiger partial charge in [0.05, 0.1) is 17.4 Å². The second-order valence-electron chi connectivity index (χ2n) is 3.41. The van der Waals surface area contributed by atoms with Gasteiger partial charge < -0.3 is 5.11 Å². The summed E-state index contributed by atoms with van der Waals surface area (Å²) < 4.78 is 1.46. The van der Waals surface area contributed by atoms with Crippen LogP contribution < -0.4 is 0 Å². The van der Waals surface area contributed by atoms with Crippen LogP contribution in [0.1, 0.15) is 23.0 Å². The molecule has 5 nitrogen and oxygen atoms in total. The molecule has 0 aliphatic carbocycles. The number of carboxylic acids is 1. The first-order valence-electron chi connectivity index (χ1n) is 5.10. The minimum atomic E-state index is -0.983. The minimum absolute atomic E-state index is 0.199. The zero-order valence-corrected chi connectivity index (χ0v) is 9.24. The lowest BCUT2D eigenvalue weighted by molar-refractivity contribution is 0.0696. The van der Waals surface area contributed by atoms with E-state index in [-0.39, 0.29) is 5.56 Å². The van der Waals surface area contributed by atoms with Gasteiger partial charge in [-0.2, -0.15) is 0 Å². The highest BCUT2D eigenvalue weighted by Gasteiger charge is 2.11. The number of para-hydroxylation sites is 1. The fraction of sp³-hybridized carbons (Fsp3) is 0.0833. The first-order chi connectivity index (χ1) is 8.22. The van der Waals surface area contributed by atoms with Gasteiger partial charge in [0, 0.05) is 0 Å². The van der Waals surface area contributed by atoms with E-state index in [1.807, 2.05) is 13.0 Å². The van der Waals surface area contributed by atoms with Crippen molar-refractivity contribution in [2.24, 2.45) is 0 Å². The van der Waals surface area contributed by atoms with Crippen molar-refractivity contribution in [3.8, 4) is 5.69 Å². The summed E-state index contributed by atoms with van der Waals surface area (Å²) in [6.07, 6.45) is 5.33. The van der Waals surface area contributed by atoms with Gasteiger partial charge in [-0.25, -0.2) is 9.48 Å². The van der Waals surface area contributed by atoms with E-state index in [1.54, 1.807) is 30.5 Å². The summed E-state index contributed by atoms with van der Waals surface area (Å²) in [5.74, 6) is -0.983. The monoisotopic (exact) mass is 229 g/mol. The molecule has 0 radical (unpaired) electrons. The number of nitrogens with zero attached hydrogens (tertiary/aromatic N) is 3. The Morgan fingerprint density at radius 2 is 2.18 bits per heavy atom. The average Bonchev–Trinajstić information content (AvgIpc) is 2.78. The lowest BCUT2D eigenvalue weighted by Crippen LogP contribution is -2.05. The number of aromatic nitrogens is 3. The summed E-state index contributed by atoms with van der Waals surface area (Å²) in [6.45, 7) is 1.88. The molecule has 0 fully saturated rings. The Morgan fingerprint density at radius 1 is 1.41 bits per heavy atom. The average molecular weight is 229 g/mol. The summed E-state index contributed by atoms with van der Waals surface area (Å²) in [5.41, 5.74) is 1.39. The molecule has 2 rings (SSSR count). The molecule has 0 amide bonds. The van der Waals surface area contributed by atoms with Gasteiger partial charge in [-0.1, -0.05) is 23.4 Å². The quantitative estimate of drug-likeness (QED) is 0.874. The zero-order valence-electron chi connectivity index (χ0n) is 9.24. The number of rotatable bonds is 3. The van der Waals surface area contributed by atoms with Gasteiger partial charge >= 0.3 is 5.97 Å². The van der Waals surface area contributed by atoms with Crippen LogP contribution in [0, 0.1) is 0 Å². The molecule has 0 saturated carbocycles. The van der Waals surface area contributed by atoms with Crippen LogP contribution >= 0.6 is 0 Å². The molecule has 2 aromatic rings. The Balaban J connectivity index is 2.48. The maximum atomic E-state index is 11.1. The normalized spacial score (nSPS) is 10.9. The molecule has 0 aliphatic heterocycles.